The number of nitrogens with one attached hydrogen (secondary N) is 2. The summed E-state index contributed by atoms with van der Waals surface area (Å²) in [6, 6.07) is 15.7. The number of amides is 2. The van der Waals surface area contributed by atoms with Crippen LogP contribution in [0.4, 0.5) is 10.2 Å². The molecule has 0 radical (unpaired) electrons. The second-order valence-corrected chi connectivity index (χ2v) is 7.93. The van der Waals surface area contributed by atoms with Crippen LogP contribution in [0.2, 0.25) is 0 Å². The van der Waals surface area contributed by atoms with Crippen LogP contribution in [0, 0.1) is 5.82 Å². The van der Waals surface area contributed by atoms with E-state index in [0.717, 1.165) is 29.0 Å². The van der Waals surface area contributed by atoms with Crippen LogP contribution in [0.3, 0.4) is 0 Å². The average molecular weight is 425 g/mol. The summed E-state index contributed by atoms with van der Waals surface area (Å²) < 4.78 is 15.5. The molecule has 1 aliphatic heterocycles. The molecule has 4 rings (SSSR count). The first-order valence-corrected chi connectivity index (χ1v) is 10.8. The Morgan fingerprint density at radius 2 is 1.83 bits per heavy atom. The van der Waals surface area contributed by atoms with Gasteiger partial charge in [-0.2, -0.15) is 16.9 Å². The Labute approximate surface area is 177 Å². The number of fused-ring (bicyclic) bond motifs is 1. The standard InChI is InChI=1S/C22H21FN4O2S/c23-18-9-5-4-8-16(18)22(29)25-21-17-13-30-14-19(17)26-27(21)12-20(28)24-11-10-15-6-2-1-3-7-15/h1-9H,10-14H2,(H,24,28)(H,25,29). The average Bonchev–Trinajstić information content (AvgIpc) is 3.32. The number of carbonyl (C=O) groups is 2. The number of benzene rings is 2. The van der Waals surface area contributed by atoms with Gasteiger partial charge in [-0.15, -0.1) is 0 Å². The largest absolute Gasteiger partial charge is 0.354 e. The van der Waals surface area contributed by atoms with Crippen molar-refractivity contribution in [3.05, 3.63) is 82.8 Å². The van der Waals surface area contributed by atoms with Crippen molar-refractivity contribution in [1.29, 1.82) is 0 Å². The van der Waals surface area contributed by atoms with Gasteiger partial charge < -0.3 is 10.6 Å². The number of thioether (sulfide) groups is 1. The molecule has 2 N–H and O–H groups in total. The van der Waals surface area contributed by atoms with Gasteiger partial charge >= 0.3 is 0 Å². The summed E-state index contributed by atoms with van der Waals surface area (Å²) in [6.07, 6.45) is 0.732. The minimum absolute atomic E-state index is 0.0145. The van der Waals surface area contributed by atoms with Gasteiger partial charge in [0, 0.05) is 23.6 Å². The van der Waals surface area contributed by atoms with Crippen LogP contribution in [0.1, 0.15) is 27.2 Å². The highest BCUT2D eigenvalue weighted by atomic mass is 32.2. The van der Waals surface area contributed by atoms with E-state index in [1.807, 2.05) is 30.3 Å². The highest BCUT2D eigenvalue weighted by molar-refractivity contribution is 7.98. The smallest absolute Gasteiger partial charge is 0.259 e. The summed E-state index contributed by atoms with van der Waals surface area (Å²) in [5, 5.41) is 10.1. The van der Waals surface area contributed by atoms with Crippen LogP contribution < -0.4 is 10.6 Å². The van der Waals surface area contributed by atoms with Crippen LogP contribution in [-0.2, 0) is 29.3 Å². The van der Waals surface area contributed by atoms with Crippen molar-refractivity contribution in [2.45, 2.75) is 24.5 Å². The van der Waals surface area contributed by atoms with Gasteiger partial charge in [-0.3, -0.25) is 9.59 Å². The number of carbonyl (C=O) groups excluding carboxylic acids is 2. The van der Waals surface area contributed by atoms with E-state index < -0.39 is 11.7 Å². The molecular formula is C22H21FN4O2S. The number of hydrogen-bond acceptors (Lipinski definition) is 4. The third kappa shape index (κ3) is 4.54. The molecule has 0 fully saturated rings. The summed E-state index contributed by atoms with van der Waals surface area (Å²) in [7, 11) is 0. The molecule has 2 heterocycles. The first kappa shape index (κ1) is 20.2. The summed E-state index contributed by atoms with van der Waals surface area (Å²) in [6.45, 7) is 0.496. The Bertz CT molecular complexity index is 1070. The molecule has 1 aromatic heterocycles. The molecule has 0 unspecified atom stereocenters. The Morgan fingerprint density at radius 1 is 1.07 bits per heavy atom. The summed E-state index contributed by atoms with van der Waals surface area (Å²) >= 11 is 1.69. The molecule has 6 nitrogen and oxygen atoms in total. The maximum atomic E-state index is 14.0. The van der Waals surface area contributed by atoms with Gasteiger partial charge in [0.25, 0.3) is 5.91 Å². The van der Waals surface area contributed by atoms with Crippen molar-refractivity contribution in [3.8, 4) is 0 Å². The molecule has 0 saturated carbocycles. The van der Waals surface area contributed by atoms with E-state index in [4.69, 9.17) is 0 Å². The lowest BCUT2D eigenvalue weighted by Gasteiger charge is -2.12. The Morgan fingerprint density at radius 3 is 2.63 bits per heavy atom. The summed E-state index contributed by atoms with van der Waals surface area (Å²) in [5.74, 6) is 0.532. The molecule has 2 amide bonds. The summed E-state index contributed by atoms with van der Waals surface area (Å²) in [5.41, 5.74) is 2.84. The molecule has 0 bridgehead atoms. The number of rotatable bonds is 7. The lowest BCUT2D eigenvalue weighted by atomic mass is 10.1. The van der Waals surface area contributed by atoms with Gasteiger partial charge in [0.15, 0.2) is 0 Å². The van der Waals surface area contributed by atoms with Crippen LogP contribution in [0.25, 0.3) is 0 Å². The predicted molar refractivity (Wildman–Crippen MR) is 115 cm³/mol. The number of anilines is 1. The SMILES string of the molecule is O=C(Cn1nc2c(c1NC(=O)c1ccccc1F)CSC2)NCCc1ccccc1. The van der Waals surface area contributed by atoms with Gasteiger partial charge in [-0.25, -0.2) is 9.07 Å². The first-order valence-electron chi connectivity index (χ1n) is 9.64. The predicted octanol–water partition coefficient (Wildman–Crippen LogP) is 3.38. The van der Waals surface area contributed by atoms with Crippen LogP contribution in [0.15, 0.2) is 54.6 Å². The van der Waals surface area contributed by atoms with Gasteiger partial charge in [0.05, 0.1) is 11.3 Å². The van der Waals surface area contributed by atoms with Crippen molar-refractivity contribution < 1.29 is 14.0 Å². The monoisotopic (exact) mass is 424 g/mol. The van der Waals surface area contributed by atoms with Crippen LogP contribution in [-0.4, -0.2) is 28.1 Å². The molecule has 0 aliphatic carbocycles. The van der Waals surface area contributed by atoms with Crippen molar-refractivity contribution in [3.63, 3.8) is 0 Å². The molecule has 0 saturated heterocycles. The molecule has 0 atom stereocenters. The molecule has 3 aromatic rings. The van der Waals surface area contributed by atoms with Gasteiger partial charge in [0.1, 0.15) is 18.2 Å². The van der Waals surface area contributed by atoms with E-state index in [9.17, 15) is 14.0 Å². The van der Waals surface area contributed by atoms with Gasteiger partial charge in [0.2, 0.25) is 5.91 Å². The number of hydrogen-bond donors (Lipinski definition) is 2. The zero-order chi connectivity index (χ0) is 20.9. The fraction of sp³-hybridized carbons (Fsp3) is 0.227. The fourth-order valence-electron chi connectivity index (χ4n) is 3.32. The topological polar surface area (TPSA) is 76.0 Å². The van der Waals surface area contributed by atoms with Crippen molar-refractivity contribution in [2.75, 3.05) is 11.9 Å². The van der Waals surface area contributed by atoms with E-state index >= 15 is 0 Å². The maximum Gasteiger partial charge on any atom is 0.259 e. The minimum atomic E-state index is -0.592. The molecule has 2 aromatic carbocycles. The van der Waals surface area contributed by atoms with E-state index in [-0.39, 0.29) is 18.0 Å². The van der Waals surface area contributed by atoms with Crippen molar-refractivity contribution in [2.24, 2.45) is 0 Å². The van der Waals surface area contributed by atoms with E-state index in [1.165, 1.54) is 22.9 Å². The highest BCUT2D eigenvalue weighted by Crippen LogP contribution is 2.34. The zero-order valence-electron chi connectivity index (χ0n) is 16.2. The van der Waals surface area contributed by atoms with E-state index in [2.05, 4.69) is 15.7 Å². The van der Waals surface area contributed by atoms with Crippen molar-refractivity contribution in [1.82, 2.24) is 15.1 Å². The van der Waals surface area contributed by atoms with Crippen molar-refractivity contribution >= 4 is 29.4 Å². The minimum Gasteiger partial charge on any atom is -0.354 e. The van der Waals surface area contributed by atoms with E-state index in [1.54, 1.807) is 17.8 Å². The normalized spacial score (nSPS) is 12.4. The maximum absolute atomic E-state index is 14.0. The van der Waals surface area contributed by atoms with Gasteiger partial charge in [-0.05, 0) is 24.1 Å². The lowest BCUT2D eigenvalue weighted by Crippen LogP contribution is -2.30. The third-order valence-corrected chi connectivity index (χ3v) is 5.81. The van der Waals surface area contributed by atoms with Crippen LogP contribution in [0.5, 0.6) is 0 Å². The zero-order valence-corrected chi connectivity index (χ0v) is 17.0. The Kier molecular flexibility index (Phi) is 6.13. The number of halogens is 1. The fourth-order valence-corrected chi connectivity index (χ4v) is 4.36. The molecule has 0 spiro atoms. The summed E-state index contributed by atoms with van der Waals surface area (Å²) in [4.78, 5) is 25.0. The first-order chi connectivity index (χ1) is 14.6. The number of aromatic nitrogens is 2. The van der Waals surface area contributed by atoms with E-state index in [0.29, 0.717) is 18.1 Å². The molecule has 30 heavy (non-hydrogen) atoms. The molecule has 154 valence electrons. The Hall–Kier alpha value is -3.13. The Balaban J connectivity index is 1.44. The third-order valence-electron chi connectivity index (χ3n) is 4.84. The lowest BCUT2D eigenvalue weighted by molar-refractivity contribution is -0.121. The second-order valence-electron chi connectivity index (χ2n) is 6.94. The molecule has 8 heteroatoms. The quantitative estimate of drug-likeness (QED) is 0.610. The number of nitrogens with zero attached hydrogens (tertiary/aromatic N) is 2. The molecular weight excluding hydrogens is 403 g/mol. The van der Waals surface area contributed by atoms with Crippen LogP contribution >= 0.6 is 11.8 Å². The highest BCUT2D eigenvalue weighted by Gasteiger charge is 2.25. The van der Waals surface area contributed by atoms with Gasteiger partial charge in [-0.1, -0.05) is 42.5 Å². The molecule has 1 aliphatic rings. The second kappa shape index (κ2) is 9.13.